The van der Waals surface area contributed by atoms with Crippen LogP contribution in [0, 0.1) is 5.92 Å². The van der Waals surface area contributed by atoms with Crippen LogP contribution < -0.4 is 0 Å². The van der Waals surface area contributed by atoms with E-state index in [2.05, 4.69) is 0 Å². The predicted molar refractivity (Wildman–Crippen MR) is 46.8 cm³/mol. The first-order valence-corrected chi connectivity index (χ1v) is 4.41. The van der Waals surface area contributed by atoms with Gasteiger partial charge in [0.25, 0.3) is 0 Å². The van der Waals surface area contributed by atoms with Crippen LogP contribution in [0.4, 0.5) is 0 Å². The maximum absolute atomic E-state index is 11.3. The van der Waals surface area contributed by atoms with E-state index in [1.807, 2.05) is 19.0 Å². The molecule has 0 amide bonds. The number of hydrogen-bond donors (Lipinski definition) is 0. The number of nitrogens with zero attached hydrogens (tertiary/aromatic N) is 1. The minimum absolute atomic E-state index is 0.0243. The summed E-state index contributed by atoms with van der Waals surface area (Å²) in [6.45, 7) is 0. The van der Waals surface area contributed by atoms with Gasteiger partial charge in [0.1, 0.15) is 6.04 Å². The summed E-state index contributed by atoms with van der Waals surface area (Å²) in [5, 5.41) is 0. The number of likely N-dealkylation sites (N-methyl/N-ethyl adjacent to an activating group) is 1. The summed E-state index contributed by atoms with van der Waals surface area (Å²) in [5.41, 5.74) is 0. The Balaban J connectivity index is 2.53. The van der Waals surface area contributed by atoms with Gasteiger partial charge in [-0.15, -0.1) is 0 Å². The molecule has 12 heavy (non-hydrogen) atoms. The van der Waals surface area contributed by atoms with E-state index in [0.717, 1.165) is 12.8 Å². The number of esters is 1. The Morgan fingerprint density at radius 1 is 1.50 bits per heavy atom. The minimum Gasteiger partial charge on any atom is -0.468 e. The molecular weight excluding hydrogens is 154 g/mol. The molecule has 0 aromatic heterocycles. The van der Waals surface area contributed by atoms with Crippen LogP contribution in [0.5, 0.6) is 0 Å². The van der Waals surface area contributed by atoms with Crippen molar-refractivity contribution in [2.24, 2.45) is 5.92 Å². The lowest BCUT2D eigenvalue weighted by Gasteiger charge is -2.35. The molecule has 1 fully saturated rings. The molecule has 1 aliphatic rings. The van der Waals surface area contributed by atoms with Crippen LogP contribution in [0.3, 0.4) is 0 Å². The van der Waals surface area contributed by atoms with Crippen molar-refractivity contribution >= 4 is 5.97 Å². The molecular formula is C9H17NO2. The fourth-order valence-electron chi connectivity index (χ4n) is 1.70. The van der Waals surface area contributed by atoms with Gasteiger partial charge >= 0.3 is 5.97 Å². The summed E-state index contributed by atoms with van der Waals surface area (Å²) in [4.78, 5) is 13.3. The number of ether oxygens (including phenoxy) is 1. The molecule has 3 nitrogen and oxygen atoms in total. The van der Waals surface area contributed by atoms with Crippen molar-refractivity contribution in [3.63, 3.8) is 0 Å². The molecule has 0 spiro atoms. The van der Waals surface area contributed by atoms with E-state index in [-0.39, 0.29) is 12.0 Å². The smallest absolute Gasteiger partial charge is 0.323 e. The number of methoxy groups -OCH3 is 1. The van der Waals surface area contributed by atoms with Crippen LogP contribution in [0.25, 0.3) is 0 Å². The van der Waals surface area contributed by atoms with Gasteiger partial charge in [-0.3, -0.25) is 9.69 Å². The van der Waals surface area contributed by atoms with Gasteiger partial charge in [-0.25, -0.2) is 0 Å². The van der Waals surface area contributed by atoms with Gasteiger partial charge < -0.3 is 4.74 Å². The van der Waals surface area contributed by atoms with E-state index in [9.17, 15) is 4.79 Å². The molecule has 1 unspecified atom stereocenters. The van der Waals surface area contributed by atoms with Crippen LogP contribution in [0.1, 0.15) is 19.3 Å². The standard InChI is InChI=1S/C9H17NO2/c1-10(2)8(9(11)12-3)7-5-4-6-7/h7-8H,4-6H2,1-3H3. The van der Waals surface area contributed by atoms with Gasteiger partial charge in [0.2, 0.25) is 0 Å². The average molecular weight is 171 g/mol. The van der Waals surface area contributed by atoms with Crippen molar-refractivity contribution in [3.05, 3.63) is 0 Å². The Morgan fingerprint density at radius 3 is 2.33 bits per heavy atom. The van der Waals surface area contributed by atoms with Crippen LogP contribution in [-0.2, 0) is 9.53 Å². The summed E-state index contributed by atoms with van der Waals surface area (Å²) in [6.07, 6.45) is 3.59. The lowest BCUT2D eigenvalue weighted by molar-refractivity contribution is -0.149. The summed E-state index contributed by atoms with van der Waals surface area (Å²) in [7, 11) is 5.32. The highest BCUT2D eigenvalue weighted by molar-refractivity contribution is 5.76. The SMILES string of the molecule is COC(=O)C(C1CCC1)N(C)C. The number of rotatable bonds is 3. The van der Waals surface area contributed by atoms with Gasteiger partial charge in [0.05, 0.1) is 7.11 Å². The van der Waals surface area contributed by atoms with Crippen molar-refractivity contribution in [1.82, 2.24) is 4.90 Å². The summed E-state index contributed by atoms with van der Waals surface area (Å²) in [6, 6.07) is -0.0243. The van der Waals surface area contributed by atoms with Gasteiger partial charge in [-0.1, -0.05) is 6.42 Å². The summed E-state index contributed by atoms with van der Waals surface area (Å²) < 4.78 is 4.75. The van der Waals surface area contributed by atoms with Crippen molar-refractivity contribution in [2.75, 3.05) is 21.2 Å². The number of carbonyl (C=O) groups is 1. The van der Waals surface area contributed by atoms with Crippen molar-refractivity contribution in [2.45, 2.75) is 25.3 Å². The first-order valence-electron chi connectivity index (χ1n) is 4.41. The fourth-order valence-corrected chi connectivity index (χ4v) is 1.70. The lowest BCUT2D eigenvalue weighted by Crippen LogP contribution is -2.45. The Kier molecular flexibility index (Phi) is 3.09. The lowest BCUT2D eigenvalue weighted by atomic mass is 9.79. The number of hydrogen-bond acceptors (Lipinski definition) is 3. The Bertz CT molecular complexity index is 164. The third-order valence-corrected chi connectivity index (χ3v) is 2.60. The van der Waals surface area contributed by atoms with Crippen molar-refractivity contribution < 1.29 is 9.53 Å². The molecule has 1 saturated carbocycles. The molecule has 0 aromatic rings. The number of carbonyl (C=O) groups excluding carboxylic acids is 1. The van der Waals surface area contributed by atoms with Gasteiger partial charge in [0.15, 0.2) is 0 Å². The zero-order valence-electron chi connectivity index (χ0n) is 8.04. The topological polar surface area (TPSA) is 29.5 Å². The van der Waals surface area contributed by atoms with Crippen LogP contribution in [0.15, 0.2) is 0 Å². The van der Waals surface area contributed by atoms with Crippen LogP contribution >= 0.6 is 0 Å². The molecule has 70 valence electrons. The van der Waals surface area contributed by atoms with E-state index >= 15 is 0 Å². The quantitative estimate of drug-likeness (QED) is 0.591. The second kappa shape index (κ2) is 3.90. The normalized spacial score (nSPS) is 20.3. The maximum atomic E-state index is 11.3. The van der Waals surface area contributed by atoms with E-state index in [1.165, 1.54) is 13.5 Å². The second-order valence-corrected chi connectivity index (χ2v) is 3.62. The van der Waals surface area contributed by atoms with Gasteiger partial charge in [-0.05, 0) is 32.9 Å². The average Bonchev–Trinajstić information content (AvgIpc) is 1.94. The predicted octanol–water partition coefficient (Wildman–Crippen LogP) is 0.890. The molecule has 3 heteroatoms. The van der Waals surface area contributed by atoms with Crippen molar-refractivity contribution in [1.29, 1.82) is 0 Å². The van der Waals surface area contributed by atoms with E-state index in [1.54, 1.807) is 0 Å². The monoisotopic (exact) mass is 171 g/mol. The largest absolute Gasteiger partial charge is 0.468 e. The van der Waals surface area contributed by atoms with Gasteiger partial charge in [-0.2, -0.15) is 0 Å². The van der Waals surface area contributed by atoms with Gasteiger partial charge in [0, 0.05) is 0 Å². The summed E-state index contributed by atoms with van der Waals surface area (Å²) in [5.74, 6) is 0.428. The minimum atomic E-state index is -0.0929. The molecule has 0 radical (unpaired) electrons. The zero-order valence-corrected chi connectivity index (χ0v) is 8.04. The molecule has 0 saturated heterocycles. The van der Waals surface area contributed by atoms with E-state index < -0.39 is 0 Å². The molecule has 0 heterocycles. The molecule has 0 bridgehead atoms. The Hall–Kier alpha value is -0.570. The Labute approximate surface area is 73.7 Å². The van der Waals surface area contributed by atoms with E-state index in [4.69, 9.17) is 4.74 Å². The maximum Gasteiger partial charge on any atom is 0.323 e. The molecule has 0 aliphatic heterocycles. The highest BCUT2D eigenvalue weighted by Crippen LogP contribution is 2.31. The zero-order chi connectivity index (χ0) is 9.14. The molecule has 1 aliphatic carbocycles. The van der Waals surface area contributed by atoms with Crippen molar-refractivity contribution in [3.8, 4) is 0 Å². The van der Waals surface area contributed by atoms with Crippen LogP contribution in [-0.4, -0.2) is 38.1 Å². The van der Waals surface area contributed by atoms with Crippen LogP contribution in [0.2, 0.25) is 0 Å². The Morgan fingerprint density at radius 2 is 2.08 bits per heavy atom. The fraction of sp³-hybridized carbons (Fsp3) is 0.889. The highest BCUT2D eigenvalue weighted by atomic mass is 16.5. The summed E-state index contributed by atoms with van der Waals surface area (Å²) >= 11 is 0. The first kappa shape index (κ1) is 9.52. The molecule has 0 aromatic carbocycles. The molecule has 1 rings (SSSR count). The second-order valence-electron chi connectivity index (χ2n) is 3.62. The molecule has 0 N–H and O–H groups in total. The third kappa shape index (κ3) is 1.78. The first-order chi connectivity index (χ1) is 5.66. The molecule has 1 atom stereocenters. The highest BCUT2D eigenvalue weighted by Gasteiger charge is 2.34. The van der Waals surface area contributed by atoms with E-state index in [0.29, 0.717) is 5.92 Å². The third-order valence-electron chi connectivity index (χ3n) is 2.60.